The molecule has 6 N–H and O–H groups in total. The highest BCUT2D eigenvalue weighted by Crippen LogP contribution is 2.14. The van der Waals surface area contributed by atoms with Crippen LogP contribution in [0.25, 0.3) is 0 Å². The summed E-state index contributed by atoms with van der Waals surface area (Å²) in [5.41, 5.74) is 7.24. The Morgan fingerprint density at radius 3 is 1.83 bits per heavy atom. The molecular weight excluding hydrogens is 630 g/mol. The van der Waals surface area contributed by atoms with E-state index in [0.29, 0.717) is 127 Å². The number of aromatic carboxylic acids is 2. The number of nitrogens with zero attached hydrogens (tertiary/aromatic N) is 4. The number of anilines is 1. The maximum Gasteiger partial charge on any atom is 0.354 e. The average Bonchev–Trinajstić information content (AvgIpc) is 3.04. The van der Waals surface area contributed by atoms with Crippen molar-refractivity contribution in [2.24, 2.45) is 5.73 Å². The maximum atomic E-state index is 11.8. The number of ether oxygens (including phenoxy) is 4. The van der Waals surface area contributed by atoms with Gasteiger partial charge in [0.15, 0.2) is 10.8 Å². The SMILES string of the molecule is NCCCCNC(=S)Nc1cc(CN2CCOCCOCCN(Cc3cccc(C(=O)O)n3)CCOCCOCC2)nc(C(=O)O)c1. The minimum absolute atomic E-state index is 0.0126. The Morgan fingerprint density at radius 2 is 1.30 bits per heavy atom. The van der Waals surface area contributed by atoms with E-state index < -0.39 is 11.9 Å². The van der Waals surface area contributed by atoms with Crippen LogP contribution in [0.2, 0.25) is 0 Å². The minimum atomic E-state index is -1.13. The van der Waals surface area contributed by atoms with Gasteiger partial charge in [-0.15, -0.1) is 0 Å². The molecule has 0 radical (unpaired) electrons. The number of aromatic nitrogens is 2. The highest BCUT2D eigenvalue weighted by molar-refractivity contribution is 7.80. The van der Waals surface area contributed by atoms with Crippen molar-refractivity contribution < 1.29 is 38.7 Å². The number of nitrogens with two attached hydrogens (primary N) is 1. The van der Waals surface area contributed by atoms with Gasteiger partial charge in [0.1, 0.15) is 5.69 Å². The molecule has 16 heteroatoms. The summed E-state index contributed by atoms with van der Waals surface area (Å²) < 4.78 is 23.3. The Morgan fingerprint density at radius 1 is 0.766 bits per heavy atom. The van der Waals surface area contributed by atoms with Crippen molar-refractivity contribution in [1.29, 1.82) is 0 Å². The van der Waals surface area contributed by atoms with Crippen LogP contribution in [0.3, 0.4) is 0 Å². The van der Waals surface area contributed by atoms with E-state index in [2.05, 4.69) is 30.4 Å². The average molecular weight is 678 g/mol. The van der Waals surface area contributed by atoms with Crippen molar-refractivity contribution in [3.05, 3.63) is 53.1 Å². The molecule has 3 rings (SSSR count). The summed E-state index contributed by atoms with van der Waals surface area (Å²) in [5, 5.41) is 25.5. The van der Waals surface area contributed by atoms with Crippen molar-refractivity contribution in [1.82, 2.24) is 25.1 Å². The topological polar surface area (TPSA) is 194 Å². The lowest BCUT2D eigenvalue weighted by molar-refractivity contribution is 0.00597. The smallest absolute Gasteiger partial charge is 0.354 e. The van der Waals surface area contributed by atoms with Gasteiger partial charge in [0.05, 0.1) is 64.2 Å². The van der Waals surface area contributed by atoms with Crippen LogP contribution in [-0.4, -0.2) is 139 Å². The summed E-state index contributed by atoms with van der Waals surface area (Å²) in [7, 11) is 0. The van der Waals surface area contributed by atoms with Gasteiger partial charge < -0.3 is 45.5 Å². The molecule has 3 heterocycles. The van der Waals surface area contributed by atoms with E-state index in [1.54, 1.807) is 18.2 Å². The molecule has 47 heavy (non-hydrogen) atoms. The fraction of sp³-hybridized carbons (Fsp3) is 0.581. The third kappa shape index (κ3) is 15.9. The van der Waals surface area contributed by atoms with Crippen molar-refractivity contribution >= 4 is 35.0 Å². The zero-order valence-electron chi connectivity index (χ0n) is 26.7. The Balaban J connectivity index is 1.53. The Bertz CT molecular complexity index is 1240. The molecule has 0 aromatic carbocycles. The first-order valence-corrected chi connectivity index (χ1v) is 16.2. The molecule has 0 spiro atoms. The number of unbranched alkanes of at least 4 members (excludes halogenated alkanes) is 1. The minimum Gasteiger partial charge on any atom is -0.477 e. The van der Waals surface area contributed by atoms with E-state index >= 15 is 0 Å². The number of carbonyl (C=O) groups is 2. The highest BCUT2D eigenvalue weighted by atomic mass is 32.1. The van der Waals surface area contributed by atoms with Gasteiger partial charge in [-0.2, -0.15) is 0 Å². The lowest BCUT2D eigenvalue weighted by Crippen LogP contribution is -2.33. The Hall–Kier alpha value is -3.35. The van der Waals surface area contributed by atoms with Gasteiger partial charge in [0.2, 0.25) is 0 Å². The summed E-state index contributed by atoms with van der Waals surface area (Å²) in [6.07, 6.45) is 1.76. The Labute approximate surface area is 280 Å². The fourth-order valence-corrected chi connectivity index (χ4v) is 4.82. The van der Waals surface area contributed by atoms with E-state index in [1.807, 2.05) is 0 Å². The number of rotatable bonds is 11. The first kappa shape index (κ1) is 38.1. The van der Waals surface area contributed by atoms with Gasteiger partial charge in [-0.3, -0.25) is 9.80 Å². The van der Waals surface area contributed by atoms with Crippen LogP contribution in [0.15, 0.2) is 30.3 Å². The van der Waals surface area contributed by atoms with Crippen molar-refractivity contribution in [2.45, 2.75) is 25.9 Å². The first-order chi connectivity index (χ1) is 22.8. The van der Waals surface area contributed by atoms with Gasteiger partial charge in [-0.1, -0.05) is 6.07 Å². The molecule has 1 aliphatic heterocycles. The number of thiocarbonyl (C=S) groups is 1. The number of hydrogen-bond donors (Lipinski definition) is 5. The van der Waals surface area contributed by atoms with E-state index in [4.69, 9.17) is 36.9 Å². The van der Waals surface area contributed by atoms with Crippen LogP contribution in [-0.2, 0) is 32.0 Å². The van der Waals surface area contributed by atoms with Gasteiger partial charge in [-0.25, -0.2) is 19.6 Å². The number of nitrogens with one attached hydrogen (secondary N) is 2. The molecule has 0 unspecified atom stereocenters. The molecule has 2 aromatic rings. The van der Waals surface area contributed by atoms with Crippen LogP contribution in [0.1, 0.15) is 45.2 Å². The van der Waals surface area contributed by atoms with E-state index in [0.717, 1.165) is 12.8 Å². The number of carboxylic acid groups (broad SMARTS) is 2. The second kappa shape index (κ2) is 22.3. The summed E-state index contributed by atoms with van der Waals surface area (Å²) in [6.45, 7) is 7.93. The van der Waals surface area contributed by atoms with E-state index in [9.17, 15) is 19.8 Å². The van der Waals surface area contributed by atoms with Crippen LogP contribution in [0, 0.1) is 0 Å². The lowest BCUT2D eigenvalue weighted by Gasteiger charge is -2.23. The quantitative estimate of drug-likeness (QED) is 0.169. The largest absolute Gasteiger partial charge is 0.477 e. The molecule has 260 valence electrons. The third-order valence-corrected chi connectivity index (χ3v) is 7.27. The molecule has 0 aliphatic carbocycles. The molecule has 1 fully saturated rings. The molecular formula is C31H47N7O8S. The lowest BCUT2D eigenvalue weighted by atomic mass is 10.2. The zero-order valence-corrected chi connectivity index (χ0v) is 27.5. The van der Waals surface area contributed by atoms with Crippen LogP contribution >= 0.6 is 12.2 Å². The zero-order chi connectivity index (χ0) is 33.7. The van der Waals surface area contributed by atoms with E-state index in [-0.39, 0.29) is 11.4 Å². The van der Waals surface area contributed by atoms with Crippen LogP contribution < -0.4 is 16.4 Å². The second-order valence-electron chi connectivity index (χ2n) is 10.7. The second-order valence-corrected chi connectivity index (χ2v) is 11.1. The molecule has 2 aromatic heterocycles. The first-order valence-electron chi connectivity index (χ1n) is 15.8. The highest BCUT2D eigenvalue weighted by Gasteiger charge is 2.15. The third-order valence-electron chi connectivity index (χ3n) is 7.02. The number of hydrogen-bond acceptors (Lipinski definition) is 12. The standard InChI is InChI=1S/C31H47N7O8S/c32-6-1-2-7-33-31(47)36-25-20-26(35-28(21-25)30(41)42)23-38-10-14-45-18-16-43-12-8-37(9-13-44-17-19-46-15-11-38)22-24-4-3-5-27(34-24)29(39)40/h3-5,20-21H,1-2,6-19,22-23,32H2,(H,39,40)(H,41,42)(H2,33,35,36,47). The summed E-state index contributed by atoms with van der Waals surface area (Å²) in [5.74, 6) is -2.19. The molecule has 0 bridgehead atoms. The van der Waals surface area contributed by atoms with Crippen molar-refractivity contribution in [2.75, 3.05) is 97.4 Å². The number of pyridine rings is 2. The molecule has 0 atom stereocenters. The van der Waals surface area contributed by atoms with Crippen molar-refractivity contribution in [3.8, 4) is 0 Å². The maximum absolute atomic E-state index is 11.8. The molecule has 15 nitrogen and oxygen atoms in total. The fourth-order valence-electron chi connectivity index (χ4n) is 4.60. The van der Waals surface area contributed by atoms with Gasteiger partial charge in [0.25, 0.3) is 0 Å². The predicted molar refractivity (Wildman–Crippen MR) is 179 cm³/mol. The molecule has 0 saturated carbocycles. The summed E-state index contributed by atoms with van der Waals surface area (Å²) in [6, 6.07) is 8.21. The van der Waals surface area contributed by atoms with Crippen molar-refractivity contribution in [3.63, 3.8) is 0 Å². The number of carboxylic acids is 2. The molecule has 1 saturated heterocycles. The monoisotopic (exact) mass is 677 g/mol. The molecule has 1 aliphatic rings. The summed E-state index contributed by atoms with van der Waals surface area (Å²) in [4.78, 5) is 35.9. The van der Waals surface area contributed by atoms with Crippen LogP contribution in [0.5, 0.6) is 0 Å². The van der Waals surface area contributed by atoms with Gasteiger partial charge in [0, 0.05) is 51.5 Å². The normalized spacial score (nSPS) is 16.9. The van der Waals surface area contributed by atoms with Gasteiger partial charge >= 0.3 is 11.9 Å². The summed E-state index contributed by atoms with van der Waals surface area (Å²) >= 11 is 5.38. The van der Waals surface area contributed by atoms with E-state index in [1.165, 1.54) is 12.1 Å². The Kier molecular flexibility index (Phi) is 18.0. The van der Waals surface area contributed by atoms with Crippen LogP contribution in [0.4, 0.5) is 5.69 Å². The predicted octanol–water partition coefficient (Wildman–Crippen LogP) is 1.28. The van der Waals surface area contributed by atoms with Gasteiger partial charge in [-0.05, 0) is 55.9 Å². The molecule has 0 amide bonds.